The number of carbonyl (C=O) groups excluding carboxylic acids is 2. The Morgan fingerprint density at radius 3 is 2.32 bits per heavy atom. The molecule has 6 nitrogen and oxygen atoms in total. The summed E-state index contributed by atoms with van der Waals surface area (Å²) < 4.78 is 0. The van der Waals surface area contributed by atoms with E-state index in [1.54, 1.807) is 4.90 Å². The molecule has 0 bridgehead atoms. The average Bonchev–Trinajstić information content (AvgIpc) is 2.59. The second-order valence-electron chi connectivity index (χ2n) is 6.63. The van der Waals surface area contributed by atoms with Gasteiger partial charge in [-0.1, -0.05) is 30.3 Å². The minimum atomic E-state index is -0.747. The molecule has 136 valence electrons. The first-order valence-corrected chi connectivity index (χ1v) is 8.77. The van der Waals surface area contributed by atoms with Crippen molar-refractivity contribution in [2.45, 2.75) is 51.6 Å². The molecule has 1 aliphatic carbocycles. The first kappa shape index (κ1) is 19.0. The third-order valence-corrected chi connectivity index (χ3v) is 4.71. The second-order valence-corrected chi connectivity index (χ2v) is 6.63. The zero-order chi connectivity index (χ0) is 18.2. The van der Waals surface area contributed by atoms with Crippen LogP contribution in [0.4, 0.5) is 0 Å². The Balaban J connectivity index is 1.76. The van der Waals surface area contributed by atoms with E-state index in [-0.39, 0.29) is 30.2 Å². The van der Waals surface area contributed by atoms with E-state index in [2.05, 4.69) is 5.32 Å². The average molecular weight is 346 g/mol. The smallest absolute Gasteiger partial charge is 0.306 e. The van der Waals surface area contributed by atoms with Crippen LogP contribution in [0.25, 0.3) is 0 Å². The molecule has 6 heteroatoms. The van der Waals surface area contributed by atoms with Gasteiger partial charge in [0.2, 0.25) is 11.8 Å². The molecule has 0 aromatic heterocycles. The predicted molar refractivity (Wildman–Crippen MR) is 93.7 cm³/mol. The lowest BCUT2D eigenvalue weighted by atomic mass is 9.86. The number of hydrogen-bond acceptors (Lipinski definition) is 3. The summed E-state index contributed by atoms with van der Waals surface area (Å²) in [7, 11) is 0. The Morgan fingerprint density at radius 2 is 1.76 bits per heavy atom. The molecular weight excluding hydrogens is 320 g/mol. The first-order chi connectivity index (χ1) is 12.0. The third kappa shape index (κ3) is 6.21. The molecule has 0 spiro atoms. The number of carbonyl (C=O) groups is 3. The van der Waals surface area contributed by atoms with E-state index in [1.807, 2.05) is 30.3 Å². The molecule has 2 amide bonds. The molecule has 1 aromatic carbocycles. The molecule has 0 unspecified atom stereocenters. The van der Waals surface area contributed by atoms with Gasteiger partial charge in [-0.05, 0) is 31.2 Å². The molecule has 1 fully saturated rings. The Labute approximate surface area is 148 Å². The number of hydrogen-bond donors (Lipinski definition) is 2. The third-order valence-electron chi connectivity index (χ3n) is 4.71. The van der Waals surface area contributed by atoms with Crippen LogP contribution in [0.15, 0.2) is 30.3 Å². The van der Waals surface area contributed by atoms with Crippen LogP contribution < -0.4 is 5.32 Å². The highest BCUT2D eigenvalue weighted by atomic mass is 16.4. The van der Waals surface area contributed by atoms with Crippen LogP contribution in [0.3, 0.4) is 0 Å². The standard InChI is InChI=1S/C19H26N2O4/c1-14(22)21(13-15-5-3-2-4-6-15)12-11-18(23)20-17-9-7-16(8-10-17)19(24)25/h2-6,16-17H,7-13H2,1H3,(H,20,23)(H,24,25). The van der Waals surface area contributed by atoms with Crippen molar-refractivity contribution in [1.29, 1.82) is 0 Å². The van der Waals surface area contributed by atoms with E-state index in [1.165, 1.54) is 6.92 Å². The number of nitrogens with zero attached hydrogens (tertiary/aromatic N) is 1. The van der Waals surface area contributed by atoms with Crippen LogP contribution in [0, 0.1) is 5.92 Å². The number of carboxylic acid groups (broad SMARTS) is 1. The van der Waals surface area contributed by atoms with Gasteiger partial charge in [0.25, 0.3) is 0 Å². The number of amides is 2. The van der Waals surface area contributed by atoms with Crippen molar-refractivity contribution in [3.8, 4) is 0 Å². The predicted octanol–water partition coefficient (Wildman–Crippen LogP) is 2.18. The molecule has 1 saturated carbocycles. The van der Waals surface area contributed by atoms with Crippen molar-refractivity contribution in [2.24, 2.45) is 5.92 Å². The van der Waals surface area contributed by atoms with Gasteiger partial charge in [0.05, 0.1) is 5.92 Å². The highest BCUT2D eigenvalue weighted by Crippen LogP contribution is 2.24. The summed E-state index contributed by atoms with van der Waals surface area (Å²) >= 11 is 0. The maximum Gasteiger partial charge on any atom is 0.306 e. The Hall–Kier alpha value is -2.37. The fourth-order valence-corrected chi connectivity index (χ4v) is 3.17. The van der Waals surface area contributed by atoms with Crippen LogP contribution in [0.2, 0.25) is 0 Å². The van der Waals surface area contributed by atoms with Gasteiger partial charge in [0.15, 0.2) is 0 Å². The summed E-state index contributed by atoms with van der Waals surface area (Å²) in [5.41, 5.74) is 1.03. The van der Waals surface area contributed by atoms with Crippen LogP contribution in [0.1, 0.15) is 44.6 Å². The summed E-state index contributed by atoms with van der Waals surface area (Å²) in [4.78, 5) is 36.5. The fourth-order valence-electron chi connectivity index (χ4n) is 3.17. The Bertz CT molecular complexity index is 595. The van der Waals surface area contributed by atoms with Gasteiger partial charge in [0.1, 0.15) is 0 Å². The van der Waals surface area contributed by atoms with Crippen molar-refractivity contribution in [2.75, 3.05) is 6.54 Å². The van der Waals surface area contributed by atoms with Crippen LogP contribution in [-0.2, 0) is 20.9 Å². The lowest BCUT2D eigenvalue weighted by molar-refractivity contribution is -0.142. The molecule has 1 aliphatic rings. The molecular formula is C19H26N2O4. The number of nitrogens with one attached hydrogen (secondary N) is 1. The minimum absolute atomic E-state index is 0.0444. The maximum absolute atomic E-state index is 12.1. The van der Waals surface area contributed by atoms with E-state index in [4.69, 9.17) is 5.11 Å². The minimum Gasteiger partial charge on any atom is -0.481 e. The number of carboxylic acids is 1. The van der Waals surface area contributed by atoms with E-state index < -0.39 is 5.97 Å². The molecule has 0 heterocycles. The Kier molecular flexibility index (Phi) is 6.98. The van der Waals surface area contributed by atoms with Crippen molar-refractivity contribution >= 4 is 17.8 Å². The van der Waals surface area contributed by atoms with Gasteiger partial charge in [-0.3, -0.25) is 14.4 Å². The van der Waals surface area contributed by atoms with Gasteiger partial charge < -0.3 is 15.3 Å². The summed E-state index contributed by atoms with van der Waals surface area (Å²) in [5, 5.41) is 12.0. The van der Waals surface area contributed by atoms with Crippen molar-refractivity contribution < 1.29 is 19.5 Å². The van der Waals surface area contributed by atoms with Crippen LogP contribution in [-0.4, -0.2) is 40.4 Å². The molecule has 0 saturated heterocycles. The second kappa shape index (κ2) is 9.20. The largest absolute Gasteiger partial charge is 0.481 e. The van der Waals surface area contributed by atoms with Gasteiger partial charge >= 0.3 is 5.97 Å². The summed E-state index contributed by atoms with van der Waals surface area (Å²) in [5.74, 6) is -1.17. The first-order valence-electron chi connectivity index (χ1n) is 8.77. The quantitative estimate of drug-likeness (QED) is 0.792. The SMILES string of the molecule is CC(=O)N(CCC(=O)NC1CCC(C(=O)O)CC1)Cc1ccccc1. The van der Waals surface area contributed by atoms with Crippen molar-refractivity contribution in [1.82, 2.24) is 10.2 Å². The van der Waals surface area contributed by atoms with Crippen LogP contribution >= 0.6 is 0 Å². The van der Waals surface area contributed by atoms with E-state index in [9.17, 15) is 14.4 Å². The molecule has 0 atom stereocenters. The maximum atomic E-state index is 12.1. The zero-order valence-corrected chi connectivity index (χ0v) is 14.6. The van der Waals surface area contributed by atoms with Gasteiger partial charge in [-0.2, -0.15) is 0 Å². The van der Waals surface area contributed by atoms with Gasteiger partial charge in [-0.15, -0.1) is 0 Å². The molecule has 2 rings (SSSR count). The van der Waals surface area contributed by atoms with Gasteiger partial charge in [0, 0.05) is 32.5 Å². The number of aliphatic carboxylic acids is 1. The van der Waals surface area contributed by atoms with E-state index >= 15 is 0 Å². The lowest BCUT2D eigenvalue weighted by Gasteiger charge is -2.27. The lowest BCUT2D eigenvalue weighted by Crippen LogP contribution is -2.40. The summed E-state index contributed by atoms with van der Waals surface area (Å²) in [6.45, 7) is 2.38. The topological polar surface area (TPSA) is 86.7 Å². The Morgan fingerprint density at radius 1 is 1.12 bits per heavy atom. The highest BCUT2D eigenvalue weighted by Gasteiger charge is 2.26. The molecule has 0 aliphatic heterocycles. The summed E-state index contributed by atoms with van der Waals surface area (Å²) in [6.07, 6.45) is 2.86. The van der Waals surface area contributed by atoms with Crippen molar-refractivity contribution in [3.05, 3.63) is 35.9 Å². The normalized spacial score (nSPS) is 19.9. The summed E-state index contributed by atoms with van der Waals surface area (Å²) in [6, 6.07) is 9.73. The van der Waals surface area contributed by atoms with Crippen molar-refractivity contribution in [3.63, 3.8) is 0 Å². The molecule has 25 heavy (non-hydrogen) atoms. The van der Waals surface area contributed by atoms with Gasteiger partial charge in [-0.25, -0.2) is 0 Å². The van der Waals surface area contributed by atoms with E-state index in [0.29, 0.717) is 38.8 Å². The monoisotopic (exact) mass is 346 g/mol. The zero-order valence-electron chi connectivity index (χ0n) is 14.6. The number of rotatable bonds is 7. The fraction of sp³-hybridized carbons (Fsp3) is 0.526. The van der Waals surface area contributed by atoms with E-state index in [0.717, 1.165) is 5.56 Å². The highest BCUT2D eigenvalue weighted by molar-refractivity contribution is 5.78. The van der Waals surface area contributed by atoms with Crippen LogP contribution in [0.5, 0.6) is 0 Å². The molecule has 2 N–H and O–H groups in total. The number of benzene rings is 1. The molecule has 0 radical (unpaired) electrons. The molecule has 1 aromatic rings.